The molecule has 0 aliphatic rings. The molecule has 0 aromatic heterocycles. The van der Waals surface area contributed by atoms with Gasteiger partial charge in [0.25, 0.3) is 0 Å². The van der Waals surface area contributed by atoms with E-state index < -0.39 is 0 Å². The van der Waals surface area contributed by atoms with Gasteiger partial charge in [0.15, 0.2) is 0 Å². The number of hydrogen-bond donors (Lipinski definition) is 0. The molecular weight excluding hydrogens is 406 g/mol. The van der Waals surface area contributed by atoms with Crippen molar-refractivity contribution in [2.24, 2.45) is 0 Å². The number of fused-ring (bicyclic) bond motifs is 4. The van der Waals surface area contributed by atoms with Crippen molar-refractivity contribution in [3.63, 3.8) is 0 Å². The van der Waals surface area contributed by atoms with E-state index in [1.54, 1.807) is 0 Å². The fourth-order valence-corrected chi connectivity index (χ4v) is 6.71. The first-order valence-corrected chi connectivity index (χ1v) is 11.8. The number of rotatable bonds is 0. The Morgan fingerprint density at radius 3 is 0.971 bits per heavy atom. The largest absolute Gasteiger partial charge is 0.114 e. The highest BCUT2D eigenvalue weighted by molar-refractivity contribution is 6.52. The van der Waals surface area contributed by atoms with E-state index in [1.165, 1.54) is 81.1 Å². The van der Waals surface area contributed by atoms with Crippen LogP contribution >= 0.6 is 0 Å². The van der Waals surface area contributed by atoms with Crippen molar-refractivity contribution in [2.75, 3.05) is 0 Å². The molecule has 8 aromatic rings. The molecule has 0 saturated carbocycles. The first-order chi connectivity index (χ1) is 16.5. The second-order valence-electron chi connectivity index (χ2n) is 9.84. The van der Waals surface area contributed by atoms with E-state index in [-0.39, 0.29) is 0 Å². The molecule has 0 heterocycles. The molecule has 0 unspecified atom stereocenters. The van der Waals surface area contributed by atoms with Gasteiger partial charge in [-0.15, -0.1) is 0 Å². The topological polar surface area (TPSA) is 0 Å². The second kappa shape index (κ2) is 6.02. The Bertz CT molecular complexity index is 1850. The average Bonchev–Trinajstić information content (AvgIpc) is 2.84. The van der Waals surface area contributed by atoms with Gasteiger partial charge in [-0.1, -0.05) is 83.7 Å². The summed E-state index contributed by atoms with van der Waals surface area (Å²) in [4.78, 5) is 0. The van der Waals surface area contributed by atoms with E-state index >= 15 is 0 Å². The Morgan fingerprint density at radius 2 is 0.588 bits per heavy atom. The molecule has 8 aromatic carbocycles. The summed E-state index contributed by atoms with van der Waals surface area (Å²) in [5.74, 6) is 0. The summed E-state index contributed by atoms with van der Waals surface area (Å²) in [6.07, 6.45) is 0. The lowest BCUT2D eigenvalue weighted by Crippen LogP contribution is -2.15. The first-order valence-electron chi connectivity index (χ1n) is 11.8. The van der Waals surface area contributed by atoms with E-state index in [9.17, 15) is 0 Å². The highest BCUT2D eigenvalue weighted by Gasteiger charge is 2.20. The molecule has 0 fully saturated rings. The second-order valence-corrected chi connectivity index (χ2v) is 9.84. The highest BCUT2D eigenvalue weighted by Crippen LogP contribution is 2.47. The predicted molar refractivity (Wildman–Crippen MR) is 152 cm³/mol. The Hall–Kier alpha value is -3.77. The van der Waals surface area contributed by atoms with E-state index in [0.717, 1.165) is 16.3 Å². The Labute approximate surface area is 199 Å². The van der Waals surface area contributed by atoms with Gasteiger partial charge >= 0.3 is 0 Å². The molecule has 152 valence electrons. The zero-order chi connectivity index (χ0) is 22.9. The third-order valence-electron chi connectivity index (χ3n) is 8.12. The van der Waals surface area contributed by atoms with Crippen molar-refractivity contribution in [1.29, 1.82) is 0 Å². The summed E-state index contributed by atoms with van der Waals surface area (Å²) in [5.41, 5.74) is 4.14. The molecule has 0 spiro atoms. The highest BCUT2D eigenvalue weighted by atomic mass is 14.2. The van der Waals surface area contributed by atoms with Crippen LogP contribution < -0.4 is 10.9 Å². The number of aryl methyl sites for hydroxylation is 2. The van der Waals surface area contributed by atoms with Crippen molar-refractivity contribution in [2.45, 2.75) is 13.8 Å². The van der Waals surface area contributed by atoms with Crippen molar-refractivity contribution < 1.29 is 0 Å². The Kier molecular flexibility index (Phi) is 3.30. The predicted octanol–water partition coefficient (Wildman–Crippen LogP) is 6.84. The van der Waals surface area contributed by atoms with Crippen LogP contribution in [0.1, 0.15) is 11.1 Å². The Morgan fingerprint density at radius 1 is 0.324 bits per heavy atom. The average molecular weight is 424 g/mol. The standard InChI is InChI=1S/C32H18B2/c1-15-3-5-17-19-7-9-21-23-11-13-25(33)32-26(34)14-12-24(31(23)32)22-10-8-20(29(19)30(21)22)18-6-4-16(2)27(15)28(17)18/h3-14H,1-2H3. The summed E-state index contributed by atoms with van der Waals surface area (Å²) in [6.45, 7) is 4.45. The lowest BCUT2D eigenvalue weighted by molar-refractivity contribution is 1.48. The SMILES string of the molecule is [B]c1ccc2c3ccc4c5ccc(C)c6c(C)ccc(c7ccc(c8ccc([B])c1c28)c3c47)c65. The zero-order valence-electron chi connectivity index (χ0n) is 19.1. The smallest absolute Gasteiger partial charge is 0.0895 e. The van der Waals surface area contributed by atoms with E-state index in [0.29, 0.717) is 0 Å². The summed E-state index contributed by atoms with van der Waals surface area (Å²) < 4.78 is 0. The minimum absolute atomic E-state index is 0.735. The van der Waals surface area contributed by atoms with E-state index in [1.807, 2.05) is 12.1 Å². The maximum absolute atomic E-state index is 6.41. The van der Waals surface area contributed by atoms with Gasteiger partial charge in [0.1, 0.15) is 15.7 Å². The van der Waals surface area contributed by atoms with Crippen molar-refractivity contribution >= 4 is 102 Å². The maximum Gasteiger partial charge on any atom is 0.114 e. The molecule has 0 aliphatic carbocycles. The normalized spacial score (nSPS) is 12.6. The lowest BCUT2D eigenvalue weighted by atomic mass is 9.77. The van der Waals surface area contributed by atoms with Crippen LogP contribution in [0.2, 0.25) is 0 Å². The molecule has 0 saturated heterocycles. The molecule has 0 nitrogen and oxygen atoms in total. The molecule has 0 atom stereocenters. The van der Waals surface area contributed by atoms with Crippen LogP contribution in [-0.4, -0.2) is 15.7 Å². The minimum Gasteiger partial charge on any atom is -0.0895 e. The third kappa shape index (κ3) is 2.00. The van der Waals surface area contributed by atoms with Crippen molar-refractivity contribution in [3.8, 4) is 0 Å². The fourth-order valence-electron chi connectivity index (χ4n) is 6.71. The maximum atomic E-state index is 6.41. The van der Waals surface area contributed by atoms with Crippen LogP contribution in [-0.2, 0) is 0 Å². The molecule has 0 bridgehead atoms. The zero-order valence-corrected chi connectivity index (χ0v) is 19.1. The van der Waals surface area contributed by atoms with Gasteiger partial charge in [0, 0.05) is 0 Å². The van der Waals surface area contributed by atoms with Crippen LogP contribution in [0.5, 0.6) is 0 Å². The number of hydrogen-bond acceptors (Lipinski definition) is 0. The Balaban J connectivity index is 1.75. The molecule has 0 aliphatic heterocycles. The first kappa shape index (κ1) is 18.6. The van der Waals surface area contributed by atoms with Crippen LogP contribution in [0, 0.1) is 13.8 Å². The number of benzene rings is 8. The molecule has 4 radical (unpaired) electrons. The molecule has 0 amide bonds. The molecule has 8 rings (SSSR count). The van der Waals surface area contributed by atoms with Gasteiger partial charge < -0.3 is 0 Å². The molecule has 2 heteroatoms. The van der Waals surface area contributed by atoms with Gasteiger partial charge in [-0.25, -0.2) is 0 Å². The van der Waals surface area contributed by atoms with Crippen molar-refractivity contribution in [3.05, 3.63) is 83.9 Å². The van der Waals surface area contributed by atoms with Crippen LogP contribution in [0.25, 0.3) is 75.4 Å². The quantitative estimate of drug-likeness (QED) is 0.142. The third-order valence-corrected chi connectivity index (χ3v) is 8.12. The van der Waals surface area contributed by atoms with Gasteiger partial charge in [-0.2, -0.15) is 0 Å². The van der Waals surface area contributed by atoms with Gasteiger partial charge in [-0.05, 0) is 100 Å². The summed E-state index contributed by atoms with van der Waals surface area (Å²) in [6, 6.07) is 26.7. The van der Waals surface area contributed by atoms with Crippen LogP contribution in [0.15, 0.2) is 72.8 Å². The monoisotopic (exact) mass is 424 g/mol. The summed E-state index contributed by atoms with van der Waals surface area (Å²) in [5, 5.41) is 17.9. The fraction of sp³-hybridized carbons (Fsp3) is 0.0625. The van der Waals surface area contributed by atoms with Crippen molar-refractivity contribution in [1.82, 2.24) is 0 Å². The molecule has 0 N–H and O–H groups in total. The van der Waals surface area contributed by atoms with Gasteiger partial charge in [0.05, 0.1) is 0 Å². The minimum atomic E-state index is 0.735. The van der Waals surface area contributed by atoms with Crippen LogP contribution in [0.3, 0.4) is 0 Å². The van der Waals surface area contributed by atoms with Gasteiger partial charge in [0.2, 0.25) is 0 Å². The summed E-state index contributed by atoms with van der Waals surface area (Å²) >= 11 is 0. The van der Waals surface area contributed by atoms with Gasteiger partial charge in [-0.3, -0.25) is 0 Å². The molecule has 34 heavy (non-hydrogen) atoms. The molecular formula is C32H18B2. The lowest BCUT2D eigenvalue weighted by Gasteiger charge is -2.21. The van der Waals surface area contributed by atoms with E-state index in [4.69, 9.17) is 15.7 Å². The van der Waals surface area contributed by atoms with Crippen LogP contribution in [0.4, 0.5) is 0 Å². The van der Waals surface area contributed by atoms with E-state index in [2.05, 4.69) is 74.5 Å². The summed E-state index contributed by atoms with van der Waals surface area (Å²) in [7, 11) is 12.8.